The molecule has 7 heteroatoms. The molecule has 0 atom stereocenters. The summed E-state index contributed by atoms with van der Waals surface area (Å²) in [5.41, 5.74) is -0.0793. The molecule has 0 aromatic heterocycles. The van der Waals surface area contributed by atoms with Crippen molar-refractivity contribution in [2.45, 2.75) is 25.7 Å². The van der Waals surface area contributed by atoms with E-state index < -0.39 is 15.0 Å². The molecule has 0 heterocycles. The molecule has 1 aromatic rings. The Kier molecular flexibility index (Phi) is 8.25. The average Bonchev–Trinajstić information content (AvgIpc) is 2.48. The van der Waals surface area contributed by atoms with E-state index in [0.29, 0.717) is 0 Å². The van der Waals surface area contributed by atoms with Gasteiger partial charge in [0.1, 0.15) is 22.3 Å². The van der Waals surface area contributed by atoms with E-state index in [2.05, 4.69) is 20.8 Å². The summed E-state index contributed by atoms with van der Waals surface area (Å²) in [6.45, 7) is 10.5. The van der Waals surface area contributed by atoms with Crippen LogP contribution in [0.25, 0.3) is 0 Å². The zero-order valence-corrected chi connectivity index (χ0v) is 13.2. The van der Waals surface area contributed by atoms with Crippen molar-refractivity contribution in [3.05, 3.63) is 29.3 Å². The van der Waals surface area contributed by atoms with Gasteiger partial charge in [0.2, 0.25) is 0 Å². The quantitative estimate of drug-likeness (QED) is 0.803. The van der Waals surface area contributed by atoms with E-state index in [1.807, 2.05) is 0 Å². The molecule has 0 unspecified atom stereocenters. The fourth-order valence-corrected chi connectivity index (χ4v) is 2.12. The molecular formula is C14H19N3O3S. The van der Waals surface area contributed by atoms with E-state index >= 15 is 0 Å². The lowest BCUT2D eigenvalue weighted by Crippen LogP contribution is -3.11. The van der Waals surface area contributed by atoms with Gasteiger partial charge in [-0.2, -0.15) is 10.5 Å². The molecule has 0 aliphatic heterocycles. The number of hydrogen-bond acceptors (Lipinski definition) is 5. The molecule has 1 aromatic carbocycles. The maximum Gasteiger partial charge on any atom is 0.124 e. The van der Waals surface area contributed by atoms with Crippen LogP contribution in [0.15, 0.2) is 23.1 Å². The molecule has 6 nitrogen and oxygen atoms in total. The third-order valence-electron chi connectivity index (χ3n) is 3.02. The van der Waals surface area contributed by atoms with Gasteiger partial charge in [-0.25, -0.2) is 8.42 Å². The van der Waals surface area contributed by atoms with Crippen molar-refractivity contribution in [1.82, 2.24) is 0 Å². The molecule has 0 aliphatic carbocycles. The van der Waals surface area contributed by atoms with Crippen LogP contribution in [-0.4, -0.2) is 32.6 Å². The lowest BCUT2D eigenvalue weighted by atomic mass is 10.1. The normalized spacial score (nSPS) is 10.2. The zero-order chi connectivity index (χ0) is 16.5. The van der Waals surface area contributed by atoms with Crippen molar-refractivity contribution in [2.75, 3.05) is 19.6 Å². The molecule has 21 heavy (non-hydrogen) atoms. The predicted molar refractivity (Wildman–Crippen MR) is 76.4 cm³/mol. The van der Waals surface area contributed by atoms with Crippen LogP contribution in [0.4, 0.5) is 0 Å². The Morgan fingerprint density at radius 1 is 1.05 bits per heavy atom. The Balaban J connectivity index is 0.000000486. The van der Waals surface area contributed by atoms with Crippen LogP contribution >= 0.6 is 0 Å². The van der Waals surface area contributed by atoms with Crippen LogP contribution in [0.1, 0.15) is 31.9 Å². The number of nitrogens with zero attached hydrogens (tertiary/aromatic N) is 2. The molecule has 0 saturated heterocycles. The fourth-order valence-electron chi connectivity index (χ4n) is 1.62. The second-order valence-corrected chi connectivity index (χ2v) is 5.58. The molecule has 1 rings (SSSR count). The molecule has 0 amide bonds. The smallest absolute Gasteiger partial charge is 0.124 e. The maximum atomic E-state index is 10.6. The summed E-state index contributed by atoms with van der Waals surface area (Å²) < 4.78 is 31.7. The third kappa shape index (κ3) is 6.37. The molecule has 0 radical (unpaired) electrons. The van der Waals surface area contributed by atoms with Gasteiger partial charge in [0, 0.05) is 0 Å². The Morgan fingerprint density at radius 3 is 1.81 bits per heavy atom. The van der Waals surface area contributed by atoms with Crippen LogP contribution in [-0.2, 0) is 10.1 Å². The van der Waals surface area contributed by atoms with E-state index in [1.165, 1.54) is 19.6 Å². The summed E-state index contributed by atoms with van der Waals surface area (Å²) in [5.74, 6) is 0. The largest absolute Gasteiger partial charge is 0.744 e. The standard InChI is InChI=1S/C8H4N2O3S.C6H15N/c9-4-6-1-2-8(14(11,12)13)3-7(6)5-10;1-4-7(5-2)6-3/h1-3H,(H,11,12,13);4-6H2,1-3H3. The number of benzene rings is 1. The topological polar surface area (TPSA) is 109 Å². The van der Waals surface area contributed by atoms with Gasteiger partial charge in [0.05, 0.1) is 35.7 Å². The fraction of sp³-hybridized carbons (Fsp3) is 0.429. The van der Waals surface area contributed by atoms with Crippen LogP contribution in [0, 0.1) is 22.7 Å². The monoisotopic (exact) mass is 309 g/mol. The van der Waals surface area contributed by atoms with Crippen molar-refractivity contribution in [3.8, 4) is 12.1 Å². The number of hydrogen-bond donors (Lipinski definition) is 1. The van der Waals surface area contributed by atoms with E-state index in [9.17, 15) is 13.0 Å². The van der Waals surface area contributed by atoms with Crippen molar-refractivity contribution in [3.63, 3.8) is 0 Å². The highest BCUT2D eigenvalue weighted by Gasteiger charge is 2.06. The molecule has 0 saturated carbocycles. The summed E-state index contributed by atoms with van der Waals surface area (Å²) in [6, 6.07) is 6.36. The first kappa shape index (κ1) is 19.1. The number of nitriles is 2. The Labute approximate surface area is 126 Å². The van der Waals surface area contributed by atoms with Gasteiger partial charge in [-0.3, -0.25) is 0 Å². The van der Waals surface area contributed by atoms with Crippen molar-refractivity contribution in [2.24, 2.45) is 0 Å². The number of nitrogens with one attached hydrogen (secondary N) is 1. The number of rotatable bonds is 4. The highest BCUT2D eigenvalue weighted by atomic mass is 32.2. The summed E-state index contributed by atoms with van der Waals surface area (Å²) in [5, 5.41) is 17.1. The molecular weight excluding hydrogens is 290 g/mol. The Hall–Kier alpha value is -1.93. The Bertz CT molecular complexity index is 633. The molecule has 0 aliphatic rings. The second-order valence-electron chi connectivity index (χ2n) is 4.20. The number of quaternary nitrogens is 1. The van der Waals surface area contributed by atoms with E-state index in [4.69, 9.17) is 10.5 Å². The van der Waals surface area contributed by atoms with E-state index in [0.717, 1.165) is 18.2 Å². The molecule has 0 fully saturated rings. The average molecular weight is 309 g/mol. The van der Waals surface area contributed by atoms with Gasteiger partial charge in [0.25, 0.3) is 0 Å². The van der Waals surface area contributed by atoms with E-state index in [-0.39, 0.29) is 11.1 Å². The predicted octanol–water partition coefficient (Wildman–Crippen LogP) is 0.265. The minimum atomic E-state index is -4.57. The molecule has 0 spiro atoms. The SMILES string of the molecule is CC[NH+](CC)CC.N#Cc1ccc(S(=O)(=O)[O-])cc1C#N. The van der Waals surface area contributed by atoms with Crippen LogP contribution < -0.4 is 4.90 Å². The van der Waals surface area contributed by atoms with Crippen molar-refractivity contribution >= 4 is 10.1 Å². The van der Waals surface area contributed by atoms with Gasteiger partial charge < -0.3 is 9.45 Å². The van der Waals surface area contributed by atoms with Crippen molar-refractivity contribution < 1.29 is 17.9 Å². The zero-order valence-electron chi connectivity index (χ0n) is 12.4. The van der Waals surface area contributed by atoms with Crippen LogP contribution in [0.5, 0.6) is 0 Å². The highest BCUT2D eigenvalue weighted by Crippen LogP contribution is 2.14. The molecule has 0 bridgehead atoms. The van der Waals surface area contributed by atoms with Gasteiger partial charge in [0.15, 0.2) is 0 Å². The summed E-state index contributed by atoms with van der Waals surface area (Å²) in [6.07, 6.45) is 0. The molecule has 1 N–H and O–H groups in total. The first-order valence-electron chi connectivity index (χ1n) is 6.57. The summed E-state index contributed by atoms with van der Waals surface area (Å²) in [7, 11) is -4.57. The first-order valence-corrected chi connectivity index (χ1v) is 7.98. The van der Waals surface area contributed by atoms with Crippen LogP contribution in [0.2, 0.25) is 0 Å². The van der Waals surface area contributed by atoms with Crippen LogP contribution in [0.3, 0.4) is 0 Å². The van der Waals surface area contributed by atoms with E-state index in [1.54, 1.807) is 17.0 Å². The third-order valence-corrected chi connectivity index (χ3v) is 3.85. The minimum absolute atomic E-state index is 0.0416. The lowest BCUT2D eigenvalue weighted by molar-refractivity contribution is -0.894. The maximum absolute atomic E-state index is 10.6. The minimum Gasteiger partial charge on any atom is -0.744 e. The first-order chi connectivity index (χ1) is 9.83. The van der Waals surface area contributed by atoms with Gasteiger partial charge in [-0.1, -0.05) is 0 Å². The van der Waals surface area contributed by atoms with Gasteiger partial charge >= 0.3 is 0 Å². The summed E-state index contributed by atoms with van der Waals surface area (Å²) in [4.78, 5) is 1.17. The highest BCUT2D eigenvalue weighted by molar-refractivity contribution is 7.85. The molecule has 114 valence electrons. The summed E-state index contributed by atoms with van der Waals surface area (Å²) >= 11 is 0. The second kappa shape index (κ2) is 9.09. The lowest BCUT2D eigenvalue weighted by Gasteiger charge is -2.10. The van der Waals surface area contributed by atoms with Gasteiger partial charge in [-0.15, -0.1) is 0 Å². The van der Waals surface area contributed by atoms with Crippen molar-refractivity contribution in [1.29, 1.82) is 10.5 Å². The Morgan fingerprint density at radius 2 is 1.52 bits per heavy atom. The van der Waals surface area contributed by atoms with Gasteiger partial charge in [-0.05, 0) is 39.0 Å².